The van der Waals surface area contributed by atoms with E-state index in [9.17, 15) is 9.90 Å². The van der Waals surface area contributed by atoms with Gasteiger partial charge >= 0.3 is 0 Å². The Balaban J connectivity index is 1.68. The molecule has 0 heterocycles. The first-order valence-corrected chi connectivity index (χ1v) is 7.26. The quantitative estimate of drug-likeness (QED) is 0.851. The lowest BCUT2D eigenvalue weighted by Crippen LogP contribution is -2.45. The molecular formula is C16H21NO2. The maximum atomic E-state index is 11.9. The summed E-state index contributed by atoms with van der Waals surface area (Å²) in [7, 11) is 0. The molecular weight excluding hydrogens is 238 g/mol. The van der Waals surface area contributed by atoms with Gasteiger partial charge in [0.05, 0.1) is 6.54 Å². The average Bonchev–Trinajstić information content (AvgIpc) is 3.19. The Hall–Kier alpha value is -1.35. The molecule has 102 valence electrons. The van der Waals surface area contributed by atoms with Crippen molar-refractivity contribution in [3.8, 4) is 0 Å². The van der Waals surface area contributed by atoms with Crippen molar-refractivity contribution in [2.24, 2.45) is 11.8 Å². The van der Waals surface area contributed by atoms with Crippen LogP contribution < -0.4 is 5.32 Å². The predicted octanol–water partition coefficient (Wildman–Crippen LogP) is 2.20. The number of hydrogen-bond donors (Lipinski definition) is 2. The van der Waals surface area contributed by atoms with Crippen molar-refractivity contribution in [3.05, 3.63) is 35.9 Å². The first-order valence-electron chi connectivity index (χ1n) is 7.26. The second-order valence-electron chi connectivity index (χ2n) is 5.91. The number of aliphatic hydroxyl groups is 1. The number of carbonyl (C=O) groups excluding carboxylic acids is 1. The molecule has 0 aromatic heterocycles. The second kappa shape index (κ2) is 4.97. The van der Waals surface area contributed by atoms with Crippen LogP contribution in [-0.2, 0) is 10.4 Å². The smallest absolute Gasteiger partial charge is 0.223 e. The number of nitrogens with one attached hydrogen (secondary N) is 1. The van der Waals surface area contributed by atoms with Gasteiger partial charge in [-0.05, 0) is 37.2 Å². The molecule has 0 aliphatic heterocycles. The highest BCUT2D eigenvalue weighted by molar-refractivity contribution is 5.79. The summed E-state index contributed by atoms with van der Waals surface area (Å²) in [5.74, 6) is 0.581. The molecule has 2 saturated carbocycles. The van der Waals surface area contributed by atoms with Gasteiger partial charge < -0.3 is 10.4 Å². The second-order valence-corrected chi connectivity index (χ2v) is 5.91. The van der Waals surface area contributed by atoms with Gasteiger partial charge in [0.2, 0.25) is 5.91 Å². The number of rotatable bonds is 5. The van der Waals surface area contributed by atoms with Crippen LogP contribution in [0.3, 0.4) is 0 Å². The molecule has 2 aliphatic rings. The van der Waals surface area contributed by atoms with E-state index in [2.05, 4.69) is 5.32 Å². The molecule has 3 rings (SSSR count). The SMILES string of the molecule is O=C(NCC(O)(c1ccccc1)C1CC1)C1CCC1. The Labute approximate surface area is 114 Å². The lowest BCUT2D eigenvalue weighted by atomic mass is 9.84. The molecule has 0 saturated heterocycles. The molecule has 1 amide bonds. The van der Waals surface area contributed by atoms with E-state index < -0.39 is 5.60 Å². The van der Waals surface area contributed by atoms with Crippen LogP contribution in [0.5, 0.6) is 0 Å². The highest BCUT2D eigenvalue weighted by Gasteiger charge is 2.45. The summed E-state index contributed by atoms with van der Waals surface area (Å²) < 4.78 is 0. The summed E-state index contributed by atoms with van der Waals surface area (Å²) in [5, 5.41) is 13.9. The van der Waals surface area contributed by atoms with E-state index in [4.69, 9.17) is 0 Å². The fraction of sp³-hybridized carbons (Fsp3) is 0.562. The monoisotopic (exact) mass is 259 g/mol. The zero-order valence-electron chi connectivity index (χ0n) is 11.1. The fourth-order valence-electron chi connectivity index (χ4n) is 2.81. The minimum atomic E-state index is -0.888. The van der Waals surface area contributed by atoms with Crippen molar-refractivity contribution < 1.29 is 9.90 Å². The Bertz CT molecular complexity index is 451. The van der Waals surface area contributed by atoms with Gasteiger partial charge in [-0.3, -0.25) is 4.79 Å². The van der Waals surface area contributed by atoms with Gasteiger partial charge in [0, 0.05) is 5.92 Å². The van der Waals surface area contributed by atoms with Crippen LogP contribution in [0.25, 0.3) is 0 Å². The van der Waals surface area contributed by atoms with Crippen LogP contribution in [0.4, 0.5) is 0 Å². The van der Waals surface area contributed by atoms with E-state index in [0.717, 1.165) is 37.7 Å². The van der Waals surface area contributed by atoms with Gasteiger partial charge in [-0.2, -0.15) is 0 Å². The van der Waals surface area contributed by atoms with Crippen LogP contribution in [0.2, 0.25) is 0 Å². The summed E-state index contributed by atoms with van der Waals surface area (Å²) in [6.07, 6.45) is 5.25. The van der Waals surface area contributed by atoms with E-state index in [1.54, 1.807) is 0 Å². The lowest BCUT2D eigenvalue weighted by Gasteiger charge is -2.31. The zero-order valence-corrected chi connectivity index (χ0v) is 11.1. The summed E-state index contributed by atoms with van der Waals surface area (Å²) in [5.41, 5.74) is 0.0344. The third kappa shape index (κ3) is 2.52. The van der Waals surface area contributed by atoms with Crippen LogP contribution in [0, 0.1) is 11.8 Å². The molecule has 1 unspecified atom stereocenters. The molecule has 0 spiro atoms. The summed E-state index contributed by atoms with van der Waals surface area (Å²) >= 11 is 0. The molecule has 3 heteroatoms. The summed E-state index contributed by atoms with van der Waals surface area (Å²) in [6.45, 7) is 0.344. The predicted molar refractivity (Wildman–Crippen MR) is 73.4 cm³/mol. The zero-order chi connectivity index (χ0) is 13.3. The minimum Gasteiger partial charge on any atom is -0.383 e. The van der Waals surface area contributed by atoms with Crippen LogP contribution in [-0.4, -0.2) is 17.6 Å². The Morgan fingerprint density at radius 1 is 1.21 bits per heavy atom. The van der Waals surface area contributed by atoms with Gasteiger partial charge in [-0.25, -0.2) is 0 Å². The minimum absolute atomic E-state index is 0.112. The van der Waals surface area contributed by atoms with E-state index in [1.165, 1.54) is 0 Å². The van der Waals surface area contributed by atoms with Gasteiger partial charge in [0.1, 0.15) is 5.60 Å². The molecule has 1 atom stereocenters. The normalized spacial score (nSPS) is 22.4. The Morgan fingerprint density at radius 2 is 1.89 bits per heavy atom. The Morgan fingerprint density at radius 3 is 2.42 bits per heavy atom. The Kier molecular flexibility index (Phi) is 3.31. The summed E-state index contributed by atoms with van der Waals surface area (Å²) in [4.78, 5) is 11.9. The summed E-state index contributed by atoms with van der Waals surface area (Å²) in [6, 6.07) is 9.73. The van der Waals surface area contributed by atoms with Gasteiger partial charge in [0.25, 0.3) is 0 Å². The topological polar surface area (TPSA) is 49.3 Å². The third-order valence-electron chi connectivity index (χ3n) is 4.53. The standard InChI is InChI=1S/C16H21NO2/c18-15(12-5-4-6-12)17-11-16(19,14-9-10-14)13-7-2-1-3-8-13/h1-3,7-8,12,14,19H,4-6,9-11H2,(H,17,18). The molecule has 2 fully saturated rings. The van der Waals surface area contributed by atoms with Gasteiger partial charge in [-0.1, -0.05) is 36.8 Å². The molecule has 2 aliphatic carbocycles. The third-order valence-corrected chi connectivity index (χ3v) is 4.53. The van der Waals surface area contributed by atoms with Crippen molar-refractivity contribution in [2.75, 3.05) is 6.54 Å². The first-order chi connectivity index (χ1) is 9.20. The lowest BCUT2D eigenvalue weighted by molar-refractivity contribution is -0.129. The molecule has 2 N–H and O–H groups in total. The van der Waals surface area contributed by atoms with Gasteiger partial charge in [0.15, 0.2) is 0 Å². The van der Waals surface area contributed by atoms with Gasteiger partial charge in [-0.15, -0.1) is 0 Å². The van der Waals surface area contributed by atoms with E-state index >= 15 is 0 Å². The largest absolute Gasteiger partial charge is 0.383 e. The number of carbonyl (C=O) groups is 1. The van der Waals surface area contributed by atoms with Crippen LogP contribution >= 0.6 is 0 Å². The van der Waals surface area contributed by atoms with E-state index in [1.807, 2.05) is 30.3 Å². The highest BCUT2D eigenvalue weighted by Crippen LogP contribution is 2.45. The first kappa shape index (κ1) is 12.7. The van der Waals surface area contributed by atoms with Crippen LogP contribution in [0.1, 0.15) is 37.7 Å². The number of benzene rings is 1. The molecule has 1 aromatic carbocycles. The average molecular weight is 259 g/mol. The molecule has 3 nitrogen and oxygen atoms in total. The van der Waals surface area contributed by atoms with Crippen molar-refractivity contribution >= 4 is 5.91 Å². The highest BCUT2D eigenvalue weighted by atomic mass is 16.3. The van der Waals surface area contributed by atoms with Crippen LogP contribution in [0.15, 0.2) is 30.3 Å². The van der Waals surface area contributed by atoms with E-state index in [0.29, 0.717) is 6.54 Å². The van der Waals surface area contributed by atoms with Crippen molar-refractivity contribution in [2.45, 2.75) is 37.7 Å². The van der Waals surface area contributed by atoms with Crippen molar-refractivity contribution in [1.29, 1.82) is 0 Å². The number of hydrogen-bond acceptors (Lipinski definition) is 2. The molecule has 0 radical (unpaired) electrons. The molecule has 1 aromatic rings. The van der Waals surface area contributed by atoms with Crippen molar-refractivity contribution in [3.63, 3.8) is 0 Å². The maximum absolute atomic E-state index is 11.9. The fourth-order valence-corrected chi connectivity index (χ4v) is 2.81. The van der Waals surface area contributed by atoms with E-state index in [-0.39, 0.29) is 17.7 Å². The molecule has 0 bridgehead atoms. The number of amides is 1. The molecule has 19 heavy (non-hydrogen) atoms. The maximum Gasteiger partial charge on any atom is 0.223 e. The van der Waals surface area contributed by atoms with Crippen molar-refractivity contribution in [1.82, 2.24) is 5.32 Å².